The van der Waals surface area contributed by atoms with Crippen LogP contribution in [0.3, 0.4) is 0 Å². The third-order valence-electron chi connectivity index (χ3n) is 2.92. The van der Waals surface area contributed by atoms with E-state index in [1.165, 1.54) is 18.2 Å². The molecule has 0 atom stereocenters. The third-order valence-corrected chi connectivity index (χ3v) is 3.81. The number of carbonyl (C=O) groups excluding carboxylic acids is 1. The molecule has 0 fully saturated rings. The lowest BCUT2D eigenvalue weighted by Crippen LogP contribution is -2.11. The van der Waals surface area contributed by atoms with Crippen LogP contribution in [0.25, 0.3) is 6.08 Å². The molecule has 0 aromatic heterocycles. The molecule has 0 aliphatic heterocycles. The van der Waals surface area contributed by atoms with Gasteiger partial charge in [-0.25, -0.2) is 0 Å². The number of halogens is 6. The van der Waals surface area contributed by atoms with Gasteiger partial charge in [-0.3, -0.25) is 4.79 Å². The molecule has 2 rings (SSSR count). The number of rotatable bonds is 3. The summed E-state index contributed by atoms with van der Waals surface area (Å²) in [4.78, 5) is 11.8. The highest BCUT2D eigenvalue weighted by Gasteiger charge is 2.33. The maximum Gasteiger partial charge on any atom is 0.417 e. The van der Waals surface area contributed by atoms with Crippen molar-refractivity contribution in [2.45, 2.75) is 6.18 Å². The number of carbonyl (C=O) groups is 1. The fourth-order valence-electron chi connectivity index (χ4n) is 1.81. The van der Waals surface area contributed by atoms with Gasteiger partial charge in [0, 0.05) is 21.8 Å². The number of benzene rings is 2. The van der Waals surface area contributed by atoms with Crippen molar-refractivity contribution >= 4 is 52.5 Å². The molecule has 0 saturated carbocycles. The number of hydrogen-bond acceptors (Lipinski definition) is 1. The van der Waals surface area contributed by atoms with Gasteiger partial charge < -0.3 is 5.32 Å². The quantitative estimate of drug-likeness (QED) is 0.607. The highest BCUT2D eigenvalue weighted by molar-refractivity contribution is 6.35. The molecule has 0 heterocycles. The van der Waals surface area contributed by atoms with Crippen molar-refractivity contribution < 1.29 is 18.0 Å². The first-order valence-electron chi connectivity index (χ1n) is 6.47. The van der Waals surface area contributed by atoms with E-state index in [0.717, 1.165) is 18.2 Å². The maximum atomic E-state index is 12.8. The van der Waals surface area contributed by atoms with Gasteiger partial charge in [0.25, 0.3) is 0 Å². The zero-order valence-corrected chi connectivity index (χ0v) is 14.1. The molecule has 1 N–H and O–H groups in total. The molecule has 0 spiro atoms. The molecule has 8 heteroatoms. The Morgan fingerprint density at radius 1 is 1.00 bits per heavy atom. The minimum Gasteiger partial charge on any atom is -0.322 e. The van der Waals surface area contributed by atoms with Crippen molar-refractivity contribution in [2.24, 2.45) is 0 Å². The SMILES string of the molecule is O=C(/C=C/c1ccc(Cl)cc1Cl)Nc1ccc(Cl)c(C(F)(F)F)c1. The normalized spacial score (nSPS) is 11.8. The second-order valence-corrected chi connectivity index (χ2v) is 5.93. The average molecular weight is 395 g/mol. The Kier molecular flexibility index (Phi) is 5.80. The van der Waals surface area contributed by atoms with E-state index in [1.807, 2.05) is 0 Å². The zero-order valence-electron chi connectivity index (χ0n) is 11.8. The fraction of sp³-hybridized carbons (Fsp3) is 0.0625. The predicted octanol–water partition coefficient (Wildman–Crippen LogP) is 6.32. The van der Waals surface area contributed by atoms with E-state index in [9.17, 15) is 18.0 Å². The monoisotopic (exact) mass is 393 g/mol. The second-order valence-electron chi connectivity index (χ2n) is 4.68. The van der Waals surface area contributed by atoms with Crippen LogP contribution in [0, 0.1) is 0 Å². The van der Waals surface area contributed by atoms with Gasteiger partial charge in [0.2, 0.25) is 5.91 Å². The minimum absolute atomic E-state index is 0.0245. The Balaban J connectivity index is 2.14. The summed E-state index contributed by atoms with van der Waals surface area (Å²) in [5.74, 6) is -0.614. The lowest BCUT2D eigenvalue weighted by Gasteiger charge is -2.11. The van der Waals surface area contributed by atoms with E-state index in [1.54, 1.807) is 12.1 Å². The van der Waals surface area contributed by atoms with Gasteiger partial charge in [0.05, 0.1) is 10.6 Å². The molecule has 2 aromatic rings. The molecule has 2 nitrogen and oxygen atoms in total. The van der Waals surface area contributed by atoms with Gasteiger partial charge in [-0.2, -0.15) is 13.2 Å². The second kappa shape index (κ2) is 7.47. The maximum absolute atomic E-state index is 12.8. The van der Waals surface area contributed by atoms with Crippen LogP contribution in [0.15, 0.2) is 42.5 Å². The predicted molar refractivity (Wildman–Crippen MR) is 90.6 cm³/mol. The topological polar surface area (TPSA) is 29.1 Å². The molecule has 2 aromatic carbocycles. The molecule has 0 radical (unpaired) electrons. The first-order valence-corrected chi connectivity index (χ1v) is 7.61. The highest BCUT2D eigenvalue weighted by atomic mass is 35.5. The molecule has 0 saturated heterocycles. The standard InChI is InChI=1S/C16H9Cl3F3NO/c17-10-3-1-9(14(19)7-10)2-6-15(24)23-11-4-5-13(18)12(8-11)16(20,21)22/h1-8H,(H,23,24)/b6-2+. The van der Waals surface area contributed by atoms with Crippen molar-refractivity contribution in [3.05, 3.63) is 68.7 Å². The summed E-state index contributed by atoms with van der Waals surface area (Å²) in [6.45, 7) is 0. The van der Waals surface area contributed by atoms with Gasteiger partial charge in [-0.1, -0.05) is 40.9 Å². The van der Waals surface area contributed by atoms with Gasteiger partial charge in [-0.05, 0) is 42.0 Å². The molecule has 126 valence electrons. The van der Waals surface area contributed by atoms with Crippen LogP contribution in [-0.4, -0.2) is 5.91 Å². The van der Waals surface area contributed by atoms with E-state index in [4.69, 9.17) is 34.8 Å². The zero-order chi connectivity index (χ0) is 17.9. The Morgan fingerprint density at radius 2 is 1.71 bits per heavy atom. The summed E-state index contributed by atoms with van der Waals surface area (Å²) in [6, 6.07) is 7.83. The van der Waals surface area contributed by atoms with E-state index in [2.05, 4.69) is 5.32 Å². The summed E-state index contributed by atoms with van der Waals surface area (Å²) in [6.07, 6.45) is -2.03. The average Bonchev–Trinajstić information content (AvgIpc) is 2.47. The van der Waals surface area contributed by atoms with Crippen molar-refractivity contribution in [1.29, 1.82) is 0 Å². The smallest absolute Gasteiger partial charge is 0.322 e. The minimum atomic E-state index is -4.61. The van der Waals surface area contributed by atoms with E-state index in [0.29, 0.717) is 15.6 Å². The van der Waals surface area contributed by atoms with Gasteiger partial charge in [0.15, 0.2) is 0 Å². The van der Waals surface area contributed by atoms with Crippen LogP contribution in [0.1, 0.15) is 11.1 Å². The summed E-state index contributed by atoms with van der Waals surface area (Å²) in [5.41, 5.74) is -0.501. The first-order chi connectivity index (χ1) is 11.2. The summed E-state index contributed by atoms with van der Waals surface area (Å²) >= 11 is 17.2. The van der Waals surface area contributed by atoms with Crippen LogP contribution < -0.4 is 5.32 Å². The Bertz CT molecular complexity index is 804. The van der Waals surface area contributed by atoms with Crippen molar-refractivity contribution in [1.82, 2.24) is 0 Å². The number of hydrogen-bond donors (Lipinski definition) is 1. The Labute approximate surface area is 150 Å². The summed E-state index contributed by atoms with van der Waals surface area (Å²) < 4.78 is 38.3. The van der Waals surface area contributed by atoms with Crippen molar-refractivity contribution in [2.75, 3.05) is 5.32 Å². The highest BCUT2D eigenvalue weighted by Crippen LogP contribution is 2.36. The molecule has 24 heavy (non-hydrogen) atoms. The molecular weight excluding hydrogens is 386 g/mol. The fourth-order valence-corrected chi connectivity index (χ4v) is 2.50. The third kappa shape index (κ3) is 4.90. The van der Waals surface area contributed by atoms with E-state index >= 15 is 0 Å². The van der Waals surface area contributed by atoms with Gasteiger partial charge in [-0.15, -0.1) is 0 Å². The van der Waals surface area contributed by atoms with E-state index in [-0.39, 0.29) is 5.69 Å². The summed E-state index contributed by atoms with van der Waals surface area (Å²) in [7, 11) is 0. The molecule has 1 amide bonds. The number of amides is 1. The number of nitrogens with one attached hydrogen (secondary N) is 1. The molecular formula is C16H9Cl3F3NO. The van der Waals surface area contributed by atoms with Crippen molar-refractivity contribution in [3.8, 4) is 0 Å². The van der Waals surface area contributed by atoms with Crippen LogP contribution >= 0.6 is 34.8 Å². The molecule has 0 bridgehead atoms. The Hall–Kier alpha value is -1.69. The van der Waals surface area contributed by atoms with E-state index < -0.39 is 22.7 Å². The van der Waals surface area contributed by atoms with Gasteiger partial charge in [0.1, 0.15) is 0 Å². The van der Waals surface area contributed by atoms with Crippen LogP contribution in [-0.2, 0) is 11.0 Å². The lowest BCUT2D eigenvalue weighted by atomic mass is 10.2. The summed E-state index contributed by atoms with van der Waals surface area (Å²) in [5, 5.41) is 2.68. The molecule has 0 aliphatic rings. The van der Waals surface area contributed by atoms with Crippen LogP contribution in [0.5, 0.6) is 0 Å². The number of alkyl halides is 3. The van der Waals surface area contributed by atoms with Crippen LogP contribution in [0.4, 0.5) is 18.9 Å². The molecule has 0 aliphatic carbocycles. The number of anilines is 1. The van der Waals surface area contributed by atoms with Crippen molar-refractivity contribution in [3.63, 3.8) is 0 Å². The van der Waals surface area contributed by atoms with Crippen LogP contribution in [0.2, 0.25) is 15.1 Å². The first kappa shape index (κ1) is 18.6. The van der Waals surface area contributed by atoms with Gasteiger partial charge >= 0.3 is 6.18 Å². The molecule has 0 unspecified atom stereocenters. The largest absolute Gasteiger partial charge is 0.417 e. The Morgan fingerprint density at radius 3 is 2.33 bits per heavy atom. The lowest BCUT2D eigenvalue weighted by molar-refractivity contribution is -0.137.